The summed E-state index contributed by atoms with van der Waals surface area (Å²) >= 11 is 0. The van der Waals surface area contributed by atoms with Crippen LogP contribution in [-0.4, -0.2) is 30.9 Å². The van der Waals surface area contributed by atoms with E-state index in [1.165, 1.54) is 14.0 Å². The quantitative estimate of drug-likeness (QED) is 0.238. The summed E-state index contributed by atoms with van der Waals surface area (Å²) in [7, 11) is 1.41. The molecular weight excluding hydrogens is 356 g/mol. The van der Waals surface area contributed by atoms with Crippen LogP contribution in [0.15, 0.2) is 24.3 Å². The Bertz CT molecular complexity index is 549. The number of ketones is 1. The number of hydrogen-bond donors (Lipinski definition) is 0. The minimum atomic E-state index is -0.271. The van der Waals surface area contributed by atoms with Crippen LogP contribution in [0.4, 0.5) is 0 Å². The Hall–Kier alpha value is -1.91. The van der Waals surface area contributed by atoms with Gasteiger partial charge in [0.15, 0.2) is 5.78 Å². The van der Waals surface area contributed by atoms with Crippen LogP contribution in [0.25, 0.3) is 0 Å². The van der Waals surface area contributed by atoms with E-state index in [-0.39, 0.29) is 35.7 Å². The molecule has 0 heterocycles. The average Bonchev–Trinajstić information content (AvgIpc) is 3.01. The third-order valence-electron chi connectivity index (χ3n) is 5.14. The lowest BCUT2D eigenvalue weighted by Crippen LogP contribution is -2.17. The van der Waals surface area contributed by atoms with E-state index >= 15 is 0 Å². The maximum atomic E-state index is 12.2. The van der Waals surface area contributed by atoms with Crippen molar-refractivity contribution in [2.75, 3.05) is 7.11 Å². The number of rotatable bonds is 14. The second-order valence-electron chi connectivity index (χ2n) is 7.50. The van der Waals surface area contributed by atoms with E-state index in [1.54, 1.807) is 6.08 Å². The van der Waals surface area contributed by atoms with Crippen molar-refractivity contribution in [2.45, 2.75) is 84.2 Å². The van der Waals surface area contributed by atoms with Crippen molar-refractivity contribution < 1.29 is 23.9 Å². The molecule has 0 bridgehead atoms. The molecule has 1 rings (SSSR count). The highest BCUT2D eigenvalue weighted by Gasteiger charge is 2.27. The van der Waals surface area contributed by atoms with Gasteiger partial charge >= 0.3 is 11.9 Å². The first-order valence-corrected chi connectivity index (χ1v) is 10.6. The molecule has 0 radical (unpaired) electrons. The lowest BCUT2D eigenvalue weighted by Gasteiger charge is -2.17. The van der Waals surface area contributed by atoms with E-state index < -0.39 is 0 Å². The van der Waals surface area contributed by atoms with Gasteiger partial charge in [0.25, 0.3) is 0 Å². The molecule has 0 aromatic rings. The van der Waals surface area contributed by atoms with Gasteiger partial charge in [0.1, 0.15) is 6.10 Å². The van der Waals surface area contributed by atoms with Crippen LogP contribution in [-0.2, 0) is 23.9 Å². The summed E-state index contributed by atoms with van der Waals surface area (Å²) in [5.41, 5.74) is 0. The zero-order valence-corrected chi connectivity index (χ0v) is 17.7. The summed E-state index contributed by atoms with van der Waals surface area (Å²) in [4.78, 5) is 34.6. The second kappa shape index (κ2) is 14.1. The predicted octanol–water partition coefficient (Wildman–Crippen LogP) is 4.94. The van der Waals surface area contributed by atoms with Crippen molar-refractivity contribution in [3.63, 3.8) is 0 Å². The molecule has 0 aliphatic heterocycles. The Morgan fingerprint density at radius 3 is 2.57 bits per heavy atom. The van der Waals surface area contributed by atoms with Gasteiger partial charge in [-0.25, -0.2) is 0 Å². The van der Waals surface area contributed by atoms with Crippen LogP contribution in [0.2, 0.25) is 0 Å². The molecular formula is C23H36O5. The van der Waals surface area contributed by atoms with Gasteiger partial charge in [-0.15, -0.1) is 0 Å². The zero-order chi connectivity index (χ0) is 20.8. The van der Waals surface area contributed by atoms with E-state index in [0.29, 0.717) is 6.42 Å². The Morgan fingerprint density at radius 2 is 1.89 bits per heavy atom. The van der Waals surface area contributed by atoms with E-state index in [1.807, 2.05) is 18.2 Å². The van der Waals surface area contributed by atoms with Crippen molar-refractivity contribution in [3.05, 3.63) is 24.3 Å². The minimum Gasteiger partial charge on any atom is -0.469 e. The van der Waals surface area contributed by atoms with Gasteiger partial charge in [0.05, 0.1) is 7.11 Å². The zero-order valence-electron chi connectivity index (χ0n) is 17.7. The molecule has 0 saturated heterocycles. The van der Waals surface area contributed by atoms with Crippen molar-refractivity contribution >= 4 is 17.7 Å². The molecule has 28 heavy (non-hydrogen) atoms. The minimum absolute atomic E-state index is 0.0227. The molecule has 158 valence electrons. The van der Waals surface area contributed by atoms with Crippen LogP contribution < -0.4 is 0 Å². The Balaban J connectivity index is 2.45. The number of esters is 2. The van der Waals surface area contributed by atoms with Gasteiger partial charge < -0.3 is 9.47 Å². The average molecular weight is 393 g/mol. The van der Waals surface area contributed by atoms with Gasteiger partial charge in [-0.1, -0.05) is 51.2 Å². The van der Waals surface area contributed by atoms with Crippen LogP contribution in [0, 0.1) is 11.8 Å². The summed E-state index contributed by atoms with van der Waals surface area (Å²) in [5.74, 6) is -0.203. The number of ether oxygens (including phenoxy) is 2. The lowest BCUT2D eigenvalue weighted by atomic mass is 9.88. The Kier molecular flexibility index (Phi) is 12.2. The maximum Gasteiger partial charge on any atom is 0.305 e. The van der Waals surface area contributed by atoms with Crippen LogP contribution in [0.5, 0.6) is 0 Å². The standard InChI is InChI=1S/C23H36O5/c1-4-5-8-11-20(28-18(2)24)16-14-19-15-17-22(25)21(19)12-9-6-7-10-13-23(26)27-3/h14-17,19-21H,4-13H2,1-3H3/b16-14+/t19-,20-,21+/m0/s1. The van der Waals surface area contributed by atoms with Gasteiger partial charge in [-0.2, -0.15) is 0 Å². The molecule has 1 aliphatic rings. The molecule has 5 heteroatoms. The fourth-order valence-electron chi connectivity index (χ4n) is 3.53. The molecule has 0 saturated carbocycles. The second-order valence-corrected chi connectivity index (χ2v) is 7.50. The SMILES string of the molecule is CCCCC[C@@H](/C=C/[C@H]1C=CC(=O)[C@@H]1CCCCCCC(=O)OC)OC(C)=O. The lowest BCUT2D eigenvalue weighted by molar-refractivity contribution is -0.144. The van der Waals surface area contributed by atoms with Gasteiger partial charge in [0, 0.05) is 25.2 Å². The van der Waals surface area contributed by atoms with Crippen molar-refractivity contribution in [1.29, 1.82) is 0 Å². The highest BCUT2D eigenvalue weighted by molar-refractivity contribution is 5.94. The van der Waals surface area contributed by atoms with Gasteiger partial charge in [-0.3, -0.25) is 14.4 Å². The number of carbonyl (C=O) groups is 3. The molecule has 0 amide bonds. The first kappa shape index (κ1) is 24.1. The van der Waals surface area contributed by atoms with E-state index in [4.69, 9.17) is 4.74 Å². The summed E-state index contributed by atoms with van der Waals surface area (Å²) in [5, 5.41) is 0. The molecule has 0 aromatic carbocycles. The molecule has 5 nitrogen and oxygen atoms in total. The third-order valence-corrected chi connectivity index (χ3v) is 5.14. The number of methoxy groups -OCH3 is 1. The van der Waals surface area contributed by atoms with E-state index in [9.17, 15) is 14.4 Å². The first-order valence-electron chi connectivity index (χ1n) is 10.6. The fraction of sp³-hybridized carbons (Fsp3) is 0.696. The smallest absolute Gasteiger partial charge is 0.305 e. The largest absolute Gasteiger partial charge is 0.469 e. The van der Waals surface area contributed by atoms with Crippen LogP contribution in [0.3, 0.4) is 0 Å². The Morgan fingerprint density at radius 1 is 1.14 bits per heavy atom. The number of hydrogen-bond acceptors (Lipinski definition) is 5. The number of unbranched alkanes of at least 4 members (excludes halogenated alkanes) is 5. The molecule has 1 aliphatic carbocycles. The fourth-order valence-corrected chi connectivity index (χ4v) is 3.53. The molecule has 0 fully saturated rings. The molecule has 0 spiro atoms. The van der Waals surface area contributed by atoms with E-state index in [2.05, 4.69) is 11.7 Å². The van der Waals surface area contributed by atoms with Gasteiger partial charge in [0.2, 0.25) is 0 Å². The van der Waals surface area contributed by atoms with Crippen molar-refractivity contribution in [3.8, 4) is 0 Å². The van der Waals surface area contributed by atoms with Crippen molar-refractivity contribution in [1.82, 2.24) is 0 Å². The molecule has 0 unspecified atom stereocenters. The summed E-state index contributed by atoms with van der Waals surface area (Å²) in [6, 6.07) is 0. The Labute approximate surface area is 169 Å². The molecule has 0 N–H and O–H groups in total. The van der Waals surface area contributed by atoms with Crippen molar-refractivity contribution in [2.24, 2.45) is 11.8 Å². The number of carbonyl (C=O) groups excluding carboxylic acids is 3. The normalized spacial score (nSPS) is 19.9. The highest BCUT2D eigenvalue weighted by Crippen LogP contribution is 2.29. The monoisotopic (exact) mass is 392 g/mol. The predicted molar refractivity (Wildman–Crippen MR) is 110 cm³/mol. The summed E-state index contributed by atoms with van der Waals surface area (Å²) in [6.07, 6.45) is 16.5. The third kappa shape index (κ3) is 9.86. The topological polar surface area (TPSA) is 69.7 Å². The summed E-state index contributed by atoms with van der Waals surface area (Å²) < 4.78 is 10.0. The summed E-state index contributed by atoms with van der Waals surface area (Å²) in [6.45, 7) is 3.58. The first-order chi connectivity index (χ1) is 13.5. The van der Waals surface area contributed by atoms with E-state index in [0.717, 1.165) is 57.8 Å². The molecule has 0 aromatic heterocycles. The maximum absolute atomic E-state index is 12.2. The number of allylic oxidation sites excluding steroid dienone is 3. The van der Waals surface area contributed by atoms with Crippen LogP contribution in [0.1, 0.15) is 78.1 Å². The highest BCUT2D eigenvalue weighted by atomic mass is 16.5. The van der Waals surface area contributed by atoms with Crippen LogP contribution >= 0.6 is 0 Å². The molecule has 3 atom stereocenters. The van der Waals surface area contributed by atoms with Gasteiger partial charge in [-0.05, 0) is 37.8 Å².